The number of carbonyl (C=O) groups excluding carboxylic acids is 1. The predicted octanol–water partition coefficient (Wildman–Crippen LogP) is 5.83. The molecule has 1 fully saturated rings. The van der Waals surface area contributed by atoms with Gasteiger partial charge in [-0.2, -0.15) is 0 Å². The number of hydrogen-bond acceptors (Lipinski definition) is 4. The summed E-state index contributed by atoms with van der Waals surface area (Å²) < 4.78 is 6.73. The minimum absolute atomic E-state index is 0.0652. The van der Waals surface area contributed by atoms with Crippen molar-refractivity contribution in [2.24, 2.45) is 0 Å². The van der Waals surface area contributed by atoms with Crippen LogP contribution in [-0.4, -0.2) is 27.6 Å². The van der Waals surface area contributed by atoms with Crippen LogP contribution in [0.15, 0.2) is 79.0 Å². The lowest BCUT2D eigenvalue weighted by atomic mass is 9.96. The molecule has 9 heteroatoms. The molecule has 4 aromatic rings. The largest absolute Gasteiger partial charge is 0.484 e. The minimum atomic E-state index is -0.226. The molecule has 0 spiro atoms. The number of halogens is 1. The van der Waals surface area contributed by atoms with Crippen LogP contribution in [0.4, 0.5) is 11.4 Å². The van der Waals surface area contributed by atoms with Crippen LogP contribution in [0.25, 0.3) is 0 Å². The normalized spacial score (nSPS) is 16.9. The van der Waals surface area contributed by atoms with Crippen molar-refractivity contribution < 1.29 is 9.53 Å². The summed E-state index contributed by atoms with van der Waals surface area (Å²) in [6.07, 6.45) is 1.80. The van der Waals surface area contributed by atoms with Crippen molar-refractivity contribution in [1.29, 1.82) is 0 Å². The van der Waals surface area contributed by atoms with Gasteiger partial charge in [-0.25, -0.2) is 0 Å². The molecule has 0 saturated carbocycles. The molecule has 2 aromatic heterocycles. The summed E-state index contributed by atoms with van der Waals surface area (Å²) in [5, 5.41) is 7.02. The molecule has 3 N–H and O–H groups in total. The summed E-state index contributed by atoms with van der Waals surface area (Å²) in [6, 6.07) is 22.7. The van der Waals surface area contributed by atoms with E-state index in [1.54, 1.807) is 6.20 Å². The molecule has 1 amide bonds. The molecule has 1 aliphatic rings. The summed E-state index contributed by atoms with van der Waals surface area (Å²) in [5.41, 5.74) is 5.95. The van der Waals surface area contributed by atoms with Gasteiger partial charge < -0.3 is 25.3 Å². The van der Waals surface area contributed by atoms with Crippen molar-refractivity contribution in [2.45, 2.75) is 25.9 Å². The molecule has 2 unspecified atom stereocenters. The maximum atomic E-state index is 12.4. The number of para-hydroxylation sites is 1. The highest BCUT2D eigenvalue weighted by molar-refractivity contribution is 14.1. The average Bonchev–Trinajstić information content (AvgIpc) is 3.38. The van der Waals surface area contributed by atoms with E-state index in [0.29, 0.717) is 16.5 Å². The van der Waals surface area contributed by atoms with Crippen LogP contribution in [0.5, 0.6) is 5.75 Å². The van der Waals surface area contributed by atoms with Gasteiger partial charge in [-0.15, -0.1) is 0 Å². The molecule has 2 atom stereocenters. The van der Waals surface area contributed by atoms with E-state index in [-0.39, 0.29) is 24.6 Å². The molecule has 188 valence electrons. The first-order chi connectivity index (χ1) is 17.9. The number of rotatable bonds is 7. The van der Waals surface area contributed by atoms with E-state index in [0.717, 1.165) is 22.8 Å². The van der Waals surface area contributed by atoms with Gasteiger partial charge in [0.1, 0.15) is 5.75 Å². The van der Waals surface area contributed by atoms with Gasteiger partial charge in [-0.05, 0) is 97.2 Å². The summed E-state index contributed by atoms with van der Waals surface area (Å²) in [5.74, 6) is 0.428. The monoisotopic (exact) mass is 623 g/mol. The lowest BCUT2D eigenvalue weighted by Crippen LogP contribution is -2.29. The zero-order chi connectivity index (χ0) is 25.9. The molecule has 0 bridgehead atoms. The predicted molar refractivity (Wildman–Crippen MR) is 158 cm³/mol. The minimum Gasteiger partial charge on any atom is -0.484 e. The number of nitrogens with zero attached hydrogens (tertiary/aromatic N) is 2. The Balaban J connectivity index is 1.39. The molecular formula is C28H26IN5O2S. The highest BCUT2D eigenvalue weighted by Crippen LogP contribution is 2.44. The van der Waals surface area contributed by atoms with Gasteiger partial charge in [0.05, 0.1) is 17.8 Å². The number of thiocarbonyl (C=S) groups is 1. The number of pyridine rings is 1. The van der Waals surface area contributed by atoms with Crippen molar-refractivity contribution >= 4 is 57.2 Å². The Hall–Kier alpha value is -3.44. The number of nitrogens with one attached hydrogen (secondary N) is 3. The van der Waals surface area contributed by atoms with Crippen molar-refractivity contribution in [3.05, 3.63) is 105 Å². The lowest BCUT2D eigenvalue weighted by Gasteiger charge is -2.28. The summed E-state index contributed by atoms with van der Waals surface area (Å²) >= 11 is 8.24. The van der Waals surface area contributed by atoms with Crippen molar-refractivity contribution in [3.63, 3.8) is 0 Å². The Morgan fingerprint density at radius 1 is 1.05 bits per heavy atom. The molecule has 1 saturated heterocycles. The van der Waals surface area contributed by atoms with Crippen LogP contribution in [0.1, 0.15) is 34.7 Å². The van der Waals surface area contributed by atoms with E-state index in [1.165, 1.54) is 9.13 Å². The molecule has 5 rings (SSSR count). The summed E-state index contributed by atoms with van der Waals surface area (Å²) in [7, 11) is 0. The maximum absolute atomic E-state index is 12.4. The van der Waals surface area contributed by atoms with Gasteiger partial charge in [0.25, 0.3) is 5.91 Å². The van der Waals surface area contributed by atoms with Gasteiger partial charge in [0.15, 0.2) is 11.7 Å². The van der Waals surface area contributed by atoms with E-state index >= 15 is 0 Å². The molecule has 2 aromatic carbocycles. The number of aromatic amines is 1. The SMILES string of the molecule is Cc1[nH]c(C)c(C2C(c3ccccn3)NC(=S)N2c2ccc(NC(=O)COc3ccccc3)cc2)c1I. The Morgan fingerprint density at radius 3 is 2.43 bits per heavy atom. The molecule has 1 aliphatic heterocycles. The van der Waals surface area contributed by atoms with Crippen LogP contribution in [0, 0.1) is 17.4 Å². The van der Waals surface area contributed by atoms with Crippen LogP contribution in [0.2, 0.25) is 0 Å². The van der Waals surface area contributed by atoms with Crippen LogP contribution < -0.4 is 20.3 Å². The standard InChI is InChI=1S/C28H26IN5O2S/c1-17-24(25(29)18(2)31-17)27-26(22-10-6-7-15-30-22)33-28(37)34(27)20-13-11-19(12-14-20)32-23(35)16-36-21-8-4-3-5-9-21/h3-15,26-27,31H,16H2,1-2H3,(H,32,35)(H,33,37). The fraction of sp³-hybridized carbons (Fsp3) is 0.179. The lowest BCUT2D eigenvalue weighted by molar-refractivity contribution is -0.118. The number of hydrogen-bond donors (Lipinski definition) is 3. The number of anilines is 2. The van der Waals surface area contributed by atoms with Crippen molar-refractivity contribution in [2.75, 3.05) is 16.8 Å². The molecule has 3 heterocycles. The highest BCUT2D eigenvalue weighted by Gasteiger charge is 2.43. The van der Waals surface area contributed by atoms with Gasteiger partial charge in [-0.1, -0.05) is 24.3 Å². The van der Waals surface area contributed by atoms with E-state index in [1.807, 2.05) is 72.8 Å². The number of aryl methyl sites for hydroxylation is 2. The van der Waals surface area contributed by atoms with Crippen LogP contribution in [-0.2, 0) is 4.79 Å². The van der Waals surface area contributed by atoms with Gasteiger partial charge >= 0.3 is 0 Å². The van der Waals surface area contributed by atoms with E-state index in [2.05, 4.69) is 61.9 Å². The Bertz CT molecular complexity index is 1410. The molecule has 0 radical (unpaired) electrons. The highest BCUT2D eigenvalue weighted by atomic mass is 127. The second kappa shape index (κ2) is 10.9. The van der Waals surface area contributed by atoms with E-state index < -0.39 is 0 Å². The average molecular weight is 624 g/mol. The number of carbonyl (C=O) groups is 1. The van der Waals surface area contributed by atoms with Crippen LogP contribution >= 0.6 is 34.8 Å². The van der Waals surface area contributed by atoms with Gasteiger partial charge in [-0.3, -0.25) is 9.78 Å². The zero-order valence-electron chi connectivity index (χ0n) is 20.4. The number of amides is 1. The van der Waals surface area contributed by atoms with E-state index in [9.17, 15) is 4.79 Å². The third kappa shape index (κ3) is 5.33. The quantitative estimate of drug-likeness (QED) is 0.178. The number of benzene rings is 2. The third-order valence-corrected chi connectivity index (χ3v) is 7.99. The second-order valence-corrected chi connectivity index (χ2v) is 10.3. The first-order valence-electron chi connectivity index (χ1n) is 11.9. The topological polar surface area (TPSA) is 82.3 Å². The summed E-state index contributed by atoms with van der Waals surface area (Å²) in [4.78, 5) is 22.7. The van der Waals surface area contributed by atoms with Gasteiger partial charge in [0.2, 0.25) is 0 Å². The number of H-pyrrole nitrogens is 1. The Morgan fingerprint density at radius 2 is 1.78 bits per heavy atom. The molecule has 0 aliphatic carbocycles. The number of aromatic nitrogens is 2. The van der Waals surface area contributed by atoms with Crippen molar-refractivity contribution in [3.8, 4) is 5.75 Å². The first kappa shape index (κ1) is 25.2. The molecule has 37 heavy (non-hydrogen) atoms. The van der Waals surface area contributed by atoms with E-state index in [4.69, 9.17) is 17.0 Å². The maximum Gasteiger partial charge on any atom is 0.262 e. The Labute approximate surface area is 234 Å². The van der Waals surface area contributed by atoms with Crippen LogP contribution in [0.3, 0.4) is 0 Å². The Kier molecular flexibility index (Phi) is 7.43. The summed E-state index contributed by atoms with van der Waals surface area (Å²) in [6.45, 7) is 4.11. The molecular weight excluding hydrogens is 597 g/mol. The first-order valence-corrected chi connectivity index (χ1v) is 13.3. The third-order valence-electron chi connectivity index (χ3n) is 6.28. The smallest absolute Gasteiger partial charge is 0.262 e. The number of ether oxygens (including phenoxy) is 1. The molecule has 7 nitrogen and oxygen atoms in total. The van der Waals surface area contributed by atoms with Crippen molar-refractivity contribution in [1.82, 2.24) is 15.3 Å². The fourth-order valence-electron chi connectivity index (χ4n) is 4.62. The fourth-order valence-corrected chi connectivity index (χ4v) is 5.82. The zero-order valence-corrected chi connectivity index (χ0v) is 23.3. The van der Waals surface area contributed by atoms with Gasteiger partial charge in [0, 0.05) is 38.1 Å². The second-order valence-electron chi connectivity index (χ2n) is 8.80.